The average molecular weight is 215 g/mol. The normalized spacial score (nSPS) is 14.8. The quantitative estimate of drug-likeness (QED) is 0.729. The van der Waals surface area contributed by atoms with Crippen molar-refractivity contribution >= 4 is 10.0 Å². The zero-order valence-electron chi connectivity index (χ0n) is 8.77. The van der Waals surface area contributed by atoms with Gasteiger partial charge in [-0.2, -0.15) is 0 Å². The van der Waals surface area contributed by atoms with E-state index in [1.807, 2.05) is 26.8 Å². The van der Waals surface area contributed by atoms with Crippen molar-refractivity contribution in [1.29, 1.82) is 0 Å². The van der Waals surface area contributed by atoms with Gasteiger partial charge in [0, 0.05) is 0 Å². The van der Waals surface area contributed by atoms with E-state index in [4.69, 9.17) is 5.14 Å². The smallest absolute Gasteiger partial charge is 0.225 e. The highest BCUT2D eigenvalue weighted by Gasteiger charge is 2.08. The van der Waals surface area contributed by atoms with Crippen LogP contribution in [0.3, 0.4) is 0 Å². The summed E-state index contributed by atoms with van der Waals surface area (Å²) in [4.78, 5) is 0.158. The first kappa shape index (κ1) is 13.1. The predicted octanol–water partition coefficient (Wildman–Crippen LogP) is 1.95. The Hall–Kier alpha value is -0.870. The Morgan fingerprint density at radius 3 is 2.21 bits per heavy atom. The standard InChI is InChI=1S/C10H17NO2S/c1-4-5-6-7-10(8-9(2)3)14(11,12)13/h4-9H,1-3H3,(H2,11,12,13)/b5-4-,7-6-,10-8+. The first-order chi connectivity index (χ1) is 6.38. The van der Waals surface area contributed by atoms with Crippen molar-refractivity contribution in [2.75, 3.05) is 0 Å². The van der Waals surface area contributed by atoms with Gasteiger partial charge in [-0.05, 0) is 18.9 Å². The molecular weight excluding hydrogens is 198 g/mol. The molecule has 0 saturated heterocycles. The lowest BCUT2D eigenvalue weighted by Gasteiger charge is -2.00. The number of nitrogens with two attached hydrogens (primary N) is 1. The molecule has 0 atom stereocenters. The highest BCUT2D eigenvalue weighted by molar-refractivity contribution is 7.93. The van der Waals surface area contributed by atoms with E-state index in [1.165, 1.54) is 6.08 Å². The van der Waals surface area contributed by atoms with Gasteiger partial charge in [0.2, 0.25) is 10.0 Å². The molecule has 0 aromatic carbocycles. The fourth-order valence-electron chi connectivity index (χ4n) is 0.835. The Labute approximate surface area is 86.1 Å². The molecule has 0 aliphatic heterocycles. The molecule has 3 nitrogen and oxygen atoms in total. The van der Waals surface area contributed by atoms with E-state index in [0.29, 0.717) is 0 Å². The molecule has 0 saturated carbocycles. The summed E-state index contributed by atoms with van der Waals surface area (Å²) in [5.41, 5.74) is 0. The minimum Gasteiger partial charge on any atom is -0.225 e. The van der Waals surface area contributed by atoms with Crippen LogP contribution in [-0.2, 0) is 10.0 Å². The van der Waals surface area contributed by atoms with Crippen molar-refractivity contribution < 1.29 is 8.42 Å². The Balaban J connectivity index is 4.95. The monoisotopic (exact) mass is 215 g/mol. The number of sulfonamides is 1. The number of primary sulfonamides is 1. The van der Waals surface area contributed by atoms with E-state index in [1.54, 1.807) is 18.2 Å². The van der Waals surface area contributed by atoms with Crippen molar-refractivity contribution in [2.24, 2.45) is 11.1 Å². The minimum atomic E-state index is -3.60. The zero-order valence-corrected chi connectivity index (χ0v) is 9.58. The maximum absolute atomic E-state index is 11.1. The van der Waals surface area contributed by atoms with Crippen molar-refractivity contribution in [3.05, 3.63) is 35.3 Å². The lowest BCUT2D eigenvalue weighted by atomic mass is 10.2. The Morgan fingerprint density at radius 2 is 1.86 bits per heavy atom. The zero-order chi connectivity index (χ0) is 11.2. The van der Waals surface area contributed by atoms with Crippen LogP contribution in [0.25, 0.3) is 0 Å². The highest BCUT2D eigenvalue weighted by Crippen LogP contribution is 2.08. The number of hydrogen-bond acceptors (Lipinski definition) is 2. The van der Waals surface area contributed by atoms with Gasteiger partial charge >= 0.3 is 0 Å². The third-order valence-electron chi connectivity index (χ3n) is 1.39. The maximum atomic E-state index is 11.1. The van der Waals surface area contributed by atoms with Crippen LogP contribution < -0.4 is 5.14 Å². The van der Waals surface area contributed by atoms with E-state index in [2.05, 4.69) is 0 Å². The molecule has 80 valence electrons. The highest BCUT2D eigenvalue weighted by atomic mass is 32.2. The molecule has 0 radical (unpaired) electrons. The van der Waals surface area contributed by atoms with Gasteiger partial charge < -0.3 is 0 Å². The van der Waals surface area contributed by atoms with Crippen LogP contribution in [0.1, 0.15) is 20.8 Å². The van der Waals surface area contributed by atoms with Gasteiger partial charge in [0.1, 0.15) is 0 Å². The van der Waals surface area contributed by atoms with Crippen molar-refractivity contribution in [3.63, 3.8) is 0 Å². The van der Waals surface area contributed by atoms with Gasteiger partial charge in [-0.25, -0.2) is 13.6 Å². The number of rotatable bonds is 4. The SMILES string of the molecule is C\C=C/C=C\C(=C/C(C)C)S(N)(=O)=O. The molecular formula is C10H17NO2S. The van der Waals surface area contributed by atoms with E-state index >= 15 is 0 Å². The fraction of sp³-hybridized carbons (Fsp3) is 0.400. The Morgan fingerprint density at radius 1 is 1.29 bits per heavy atom. The minimum absolute atomic E-state index is 0.151. The summed E-state index contributed by atoms with van der Waals surface area (Å²) < 4.78 is 22.2. The summed E-state index contributed by atoms with van der Waals surface area (Å²) in [7, 11) is -3.60. The van der Waals surface area contributed by atoms with Crippen LogP contribution in [0.15, 0.2) is 35.3 Å². The van der Waals surface area contributed by atoms with Crippen LogP contribution in [0.4, 0.5) is 0 Å². The lowest BCUT2D eigenvalue weighted by Crippen LogP contribution is -2.14. The molecule has 0 unspecified atom stereocenters. The molecule has 2 N–H and O–H groups in total. The first-order valence-corrected chi connectivity index (χ1v) is 5.96. The Kier molecular flexibility index (Phi) is 5.42. The van der Waals surface area contributed by atoms with Crippen LogP contribution in [0, 0.1) is 5.92 Å². The van der Waals surface area contributed by atoms with Crippen molar-refractivity contribution in [3.8, 4) is 0 Å². The average Bonchev–Trinajstić information content (AvgIpc) is 2.00. The van der Waals surface area contributed by atoms with E-state index < -0.39 is 10.0 Å². The second-order valence-corrected chi connectivity index (χ2v) is 4.80. The molecule has 14 heavy (non-hydrogen) atoms. The summed E-state index contributed by atoms with van der Waals surface area (Å²) in [5.74, 6) is 0.151. The summed E-state index contributed by atoms with van der Waals surface area (Å²) in [6.45, 7) is 5.65. The van der Waals surface area contributed by atoms with Gasteiger partial charge in [0.15, 0.2) is 0 Å². The largest absolute Gasteiger partial charge is 0.237 e. The second kappa shape index (κ2) is 5.78. The molecule has 0 bridgehead atoms. The molecule has 0 aliphatic carbocycles. The fourth-order valence-corrected chi connectivity index (χ4v) is 1.57. The second-order valence-electron chi connectivity index (χ2n) is 3.24. The molecule has 0 heterocycles. The number of hydrogen-bond donors (Lipinski definition) is 1. The summed E-state index contributed by atoms with van der Waals surface area (Å²) >= 11 is 0. The topological polar surface area (TPSA) is 60.2 Å². The van der Waals surface area contributed by atoms with Crippen LogP contribution in [0.2, 0.25) is 0 Å². The van der Waals surface area contributed by atoms with Crippen LogP contribution in [0.5, 0.6) is 0 Å². The molecule has 4 heteroatoms. The predicted molar refractivity (Wildman–Crippen MR) is 60.0 cm³/mol. The molecule has 0 aliphatic rings. The summed E-state index contributed by atoms with van der Waals surface area (Å²) in [5, 5.41) is 5.04. The summed E-state index contributed by atoms with van der Waals surface area (Å²) in [6, 6.07) is 0. The third-order valence-corrected chi connectivity index (χ3v) is 2.32. The first-order valence-electron chi connectivity index (χ1n) is 4.42. The molecule has 0 amide bonds. The van der Waals surface area contributed by atoms with Crippen molar-refractivity contribution in [2.45, 2.75) is 20.8 Å². The molecule has 0 rings (SSSR count). The third kappa shape index (κ3) is 5.72. The van der Waals surface area contributed by atoms with Gasteiger partial charge in [-0.1, -0.05) is 38.2 Å². The lowest BCUT2D eigenvalue weighted by molar-refractivity contribution is 0.604. The van der Waals surface area contributed by atoms with E-state index in [-0.39, 0.29) is 10.8 Å². The summed E-state index contributed by atoms with van der Waals surface area (Å²) in [6.07, 6.45) is 8.33. The van der Waals surface area contributed by atoms with E-state index in [0.717, 1.165) is 0 Å². The molecule has 0 aromatic rings. The van der Waals surface area contributed by atoms with Crippen LogP contribution >= 0.6 is 0 Å². The molecule has 0 fully saturated rings. The van der Waals surface area contributed by atoms with Crippen LogP contribution in [-0.4, -0.2) is 8.42 Å². The van der Waals surface area contributed by atoms with Gasteiger partial charge in [0.05, 0.1) is 4.91 Å². The van der Waals surface area contributed by atoms with E-state index in [9.17, 15) is 8.42 Å². The van der Waals surface area contributed by atoms with Gasteiger partial charge in [0.25, 0.3) is 0 Å². The molecule has 0 aromatic heterocycles. The maximum Gasteiger partial charge on any atom is 0.237 e. The van der Waals surface area contributed by atoms with Crippen molar-refractivity contribution in [1.82, 2.24) is 0 Å². The number of allylic oxidation sites excluding steroid dienone is 5. The Bertz CT molecular complexity index is 348. The molecule has 0 spiro atoms. The van der Waals surface area contributed by atoms with Gasteiger partial charge in [-0.15, -0.1) is 0 Å². The van der Waals surface area contributed by atoms with Gasteiger partial charge in [-0.3, -0.25) is 0 Å².